The molecule has 2 saturated heterocycles. The normalized spacial score (nSPS) is 17.9. The fourth-order valence-corrected chi connectivity index (χ4v) is 4.66. The summed E-state index contributed by atoms with van der Waals surface area (Å²) in [6.45, 7) is 4.66. The van der Waals surface area contributed by atoms with Gasteiger partial charge in [0.05, 0.1) is 13.0 Å². The lowest BCUT2D eigenvalue weighted by Crippen LogP contribution is -2.51. The van der Waals surface area contributed by atoms with Gasteiger partial charge in [-0.15, -0.1) is 0 Å². The Bertz CT molecular complexity index is 1240. The van der Waals surface area contributed by atoms with E-state index in [0.717, 1.165) is 11.5 Å². The number of anilines is 2. The van der Waals surface area contributed by atoms with Gasteiger partial charge in [0.2, 0.25) is 17.7 Å². The second kappa shape index (κ2) is 10.2. The fourth-order valence-electron chi connectivity index (χ4n) is 4.66. The van der Waals surface area contributed by atoms with E-state index in [1.807, 2.05) is 72.5 Å². The van der Waals surface area contributed by atoms with E-state index in [1.165, 1.54) is 0 Å². The Hall–Kier alpha value is -4.14. The van der Waals surface area contributed by atoms with Crippen LogP contribution in [0.25, 0.3) is 0 Å². The number of methoxy groups -OCH3 is 1. The summed E-state index contributed by atoms with van der Waals surface area (Å²) in [6.07, 6.45) is 0.224. The molecule has 9 nitrogen and oxygen atoms in total. The minimum atomic E-state index is -0.345. The van der Waals surface area contributed by atoms with Crippen LogP contribution in [0, 0.1) is 12.8 Å². The second-order valence-corrected chi connectivity index (χ2v) is 8.95. The number of aromatic nitrogens is 2. The van der Waals surface area contributed by atoms with Crippen molar-refractivity contribution in [2.45, 2.75) is 13.3 Å². The lowest BCUT2D eigenvalue weighted by Gasteiger charge is -2.36. The van der Waals surface area contributed by atoms with Crippen LogP contribution in [0.5, 0.6) is 17.4 Å². The van der Waals surface area contributed by atoms with Gasteiger partial charge >= 0.3 is 0 Å². The van der Waals surface area contributed by atoms with Crippen LogP contribution in [0.2, 0.25) is 0 Å². The molecular formula is C27H29N5O4. The summed E-state index contributed by atoms with van der Waals surface area (Å²) in [4.78, 5) is 40.6. The van der Waals surface area contributed by atoms with Crippen molar-refractivity contribution in [3.8, 4) is 17.4 Å². The van der Waals surface area contributed by atoms with Crippen molar-refractivity contribution in [2.75, 3.05) is 49.6 Å². The molecule has 2 amide bonds. The fraction of sp³-hybridized carbons (Fsp3) is 0.333. The number of piperazine rings is 1. The van der Waals surface area contributed by atoms with Crippen molar-refractivity contribution >= 4 is 23.3 Å². The van der Waals surface area contributed by atoms with Gasteiger partial charge in [0.15, 0.2) is 0 Å². The Morgan fingerprint density at radius 1 is 0.944 bits per heavy atom. The van der Waals surface area contributed by atoms with Gasteiger partial charge in [-0.3, -0.25) is 9.59 Å². The number of benzene rings is 2. The molecule has 1 aromatic heterocycles. The molecular weight excluding hydrogens is 458 g/mol. The van der Waals surface area contributed by atoms with E-state index in [9.17, 15) is 9.59 Å². The molecule has 2 fully saturated rings. The Labute approximate surface area is 210 Å². The Morgan fingerprint density at radius 3 is 2.44 bits per heavy atom. The smallest absolute Gasteiger partial charge is 0.228 e. The molecule has 0 bridgehead atoms. The molecule has 2 aliphatic heterocycles. The Kier molecular flexibility index (Phi) is 6.71. The SMILES string of the molecule is COc1cccc(N2CC(C(=O)N3CCN(c4cc(Oc5ccccc5)nc(C)n4)CC3)CC2=O)c1. The number of nitrogens with zero attached hydrogens (tertiary/aromatic N) is 5. The minimum Gasteiger partial charge on any atom is -0.497 e. The Morgan fingerprint density at radius 2 is 1.69 bits per heavy atom. The highest BCUT2D eigenvalue weighted by Gasteiger charge is 2.38. The first-order chi connectivity index (χ1) is 17.5. The molecule has 3 aromatic rings. The van der Waals surface area contributed by atoms with Crippen molar-refractivity contribution in [3.05, 3.63) is 66.5 Å². The lowest BCUT2D eigenvalue weighted by molar-refractivity contribution is -0.136. The van der Waals surface area contributed by atoms with E-state index in [0.29, 0.717) is 55.9 Å². The maximum absolute atomic E-state index is 13.3. The first-order valence-corrected chi connectivity index (χ1v) is 12.1. The number of amides is 2. The number of rotatable bonds is 6. The summed E-state index contributed by atoms with van der Waals surface area (Å²) >= 11 is 0. The summed E-state index contributed by atoms with van der Waals surface area (Å²) in [6, 6.07) is 18.7. The maximum Gasteiger partial charge on any atom is 0.228 e. The molecule has 0 aliphatic carbocycles. The van der Waals surface area contributed by atoms with E-state index < -0.39 is 0 Å². The van der Waals surface area contributed by atoms with E-state index in [1.54, 1.807) is 12.0 Å². The summed E-state index contributed by atoms with van der Waals surface area (Å²) in [5.41, 5.74) is 0.757. The van der Waals surface area contributed by atoms with Gasteiger partial charge < -0.3 is 24.2 Å². The quantitative estimate of drug-likeness (QED) is 0.527. The van der Waals surface area contributed by atoms with Crippen LogP contribution in [-0.2, 0) is 9.59 Å². The van der Waals surface area contributed by atoms with Crippen molar-refractivity contribution in [1.82, 2.24) is 14.9 Å². The number of carbonyl (C=O) groups is 2. The van der Waals surface area contributed by atoms with Crippen LogP contribution >= 0.6 is 0 Å². The lowest BCUT2D eigenvalue weighted by atomic mass is 10.1. The highest BCUT2D eigenvalue weighted by Crippen LogP contribution is 2.29. The first kappa shape index (κ1) is 23.6. The molecule has 186 valence electrons. The standard InChI is InChI=1S/C27H29N5O4/c1-19-28-24(17-25(29-19)36-22-8-4-3-5-9-22)30-11-13-31(14-12-30)27(34)20-15-26(33)32(18-20)21-7-6-10-23(16-21)35-2/h3-10,16-17,20H,11-15,18H2,1-2H3. The van der Waals surface area contributed by atoms with Gasteiger partial charge in [-0.05, 0) is 31.2 Å². The van der Waals surface area contributed by atoms with Crippen molar-refractivity contribution < 1.29 is 19.1 Å². The van der Waals surface area contributed by atoms with Gasteiger partial charge in [0.25, 0.3) is 0 Å². The molecule has 0 N–H and O–H groups in total. The van der Waals surface area contributed by atoms with Crippen LogP contribution in [-0.4, -0.2) is 66.5 Å². The number of carbonyl (C=O) groups excluding carboxylic acids is 2. The summed E-state index contributed by atoms with van der Waals surface area (Å²) in [5.74, 6) is 2.93. The zero-order valence-corrected chi connectivity index (χ0v) is 20.5. The third kappa shape index (κ3) is 5.10. The van der Waals surface area contributed by atoms with E-state index >= 15 is 0 Å². The average molecular weight is 488 g/mol. The largest absolute Gasteiger partial charge is 0.497 e. The molecule has 3 heterocycles. The third-order valence-corrected chi connectivity index (χ3v) is 6.52. The first-order valence-electron chi connectivity index (χ1n) is 12.1. The molecule has 36 heavy (non-hydrogen) atoms. The Balaban J connectivity index is 1.20. The molecule has 9 heteroatoms. The van der Waals surface area contributed by atoms with Crippen molar-refractivity contribution in [2.24, 2.45) is 5.92 Å². The van der Waals surface area contributed by atoms with Crippen molar-refractivity contribution in [1.29, 1.82) is 0 Å². The number of para-hydroxylation sites is 1. The van der Waals surface area contributed by atoms with Crippen molar-refractivity contribution in [3.63, 3.8) is 0 Å². The third-order valence-electron chi connectivity index (χ3n) is 6.52. The van der Waals surface area contributed by atoms with Crippen LogP contribution in [0.4, 0.5) is 11.5 Å². The predicted octanol–water partition coefficient (Wildman–Crippen LogP) is 3.29. The summed E-state index contributed by atoms with van der Waals surface area (Å²) in [5, 5.41) is 0. The van der Waals surface area contributed by atoms with Gasteiger partial charge in [-0.2, -0.15) is 4.98 Å². The zero-order valence-electron chi connectivity index (χ0n) is 20.5. The molecule has 2 aromatic carbocycles. The summed E-state index contributed by atoms with van der Waals surface area (Å²) < 4.78 is 11.2. The molecule has 1 atom stereocenters. The van der Waals surface area contributed by atoms with Crippen LogP contribution in [0.1, 0.15) is 12.2 Å². The van der Waals surface area contributed by atoms with E-state index in [-0.39, 0.29) is 24.2 Å². The highest BCUT2D eigenvalue weighted by atomic mass is 16.5. The molecule has 2 aliphatic rings. The monoisotopic (exact) mass is 487 g/mol. The van der Waals surface area contributed by atoms with Gasteiger partial charge in [0, 0.05) is 57.0 Å². The number of hydrogen-bond acceptors (Lipinski definition) is 7. The highest BCUT2D eigenvalue weighted by molar-refractivity contribution is 6.00. The number of hydrogen-bond donors (Lipinski definition) is 0. The average Bonchev–Trinajstić information content (AvgIpc) is 3.30. The van der Waals surface area contributed by atoms with Gasteiger partial charge in [-0.25, -0.2) is 4.98 Å². The van der Waals surface area contributed by atoms with Gasteiger partial charge in [-0.1, -0.05) is 24.3 Å². The van der Waals surface area contributed by atoms with E-state index in [2.05, 4.69) is 14.9 Å². The van der Waals surface area contributed by atoms with Crippen LogP contribution < -0.4 is 19.3 Å². The van der Waals surface area contributed by atoms with Crippen LogP contribution in [0.15, 0.2) is 60.7 Å². The zero-order chi connectivity index (χ0) is 25.1. The number of aryl methyl sites for hydroxylation is 1. The second-order valence-electron chi connectivity index (χ2n) is 8.95. The minimum absolute atomic E-state index is 0.0281. The molecule has 5 rings (SSSR count). The molecule has 0 spiro atoms. The topological polar surface area (TPSA) is 88.1 Å². The van der Waals surface area contributed by atoms with Crippen LogP contribution in [0.3, 0.4) is 0 Å². The van der Waals surface area contributed by atoms with E-state index in [4.69, 9.17) is 9.47 Å². The number of ether oxygens (including phenoxy) is 2. The van der Waals surface area contributed by atoms with Gasteiger partial charge in [0.1, 0.15) is 23.1 Å². The predicted molar refractivity (Wildman–Crippen MR) is 136 cm³/mol. The molecule has 0 saturated carbocycles. The summed E-state index contributed by atoms with van der Waals surface area (Å²) in [7, 11) is 1.59. The maximum atomic E-state index is 13.3. The molecule has 1 unspecified atom stereocenters. The molecule has 0 radical (unpaired) electrons.